The summed E-state index contributed by atoms with van der Waals surface area (Å²) >= 11 is 0. The number of hydrogen-bond donors (Lipinski definition) is 0. The number of fused-ring (bicyclic) bond motifs is 1. The molecule has 0 atom stereocenters. The molecule has 2 aromatic carbocycles. The maximum Gasteiger partial charge on any atom is 0.243 e. The van der Waals surface area contributed by atoms with Crippen LogP contribution in [0.5, 0.6) is 0 Å². The second-order valence-electron chi connectivity index (χ2n) is 6.54. The Labute approximate surface area is 149 Å². The summed E-state index contributed by atoms with van der Waals surface area (Å²) in [6.07, 6.45) is 1.16. The Morgan fingerprint density at radius 3 is 2.40 bits per heavy atom. The summed E-state index contributed by atoms with van der Waals surface area (Å²) in [4.78, 5) is 14.3. The number of nitrogens with zero attached hydrogens (tertiary/aromatic N) is 2. The van der Waals surface area contributed by atoms with Crippen molar-refractivity contribution >= 4 is 26.7 Å². The molecule has 2 aromatic rings. The van der Waals surface area contributed by atoms with Gasteiger partial charge in [0.1, 0.15) is 0 Å². The highest BCUT2D eigenvalue weighted by Crippen LogP contribution is 2.26. The lowest BCUT2D eigenvalue weighted by Crippen LogP contribution is -2.43. The maximum absolute atomic E-state index is 12.9. The minimum atomic E-state index is -3.52. The molecule has 0 unspecified atom stereocenters. The van der Waals surface area contributed by atoms with E-state index in [0.717, 1.165) is 10.8 Å². The predicted molar refractivity (Wildman–Crippen MR) is 98.7 cm³/mol. The van der Waals surface area contributed by atoms with Crippen LogP contribution in [0.2, 0.25) is 0 Å². The van der Waals surface area contributed by atoms with Gasteiger partial charge in [0.05, 0.1) is 4.90 Å². The minimum Gasteiger partial charge on any atom is -0.346 e. The molecule has 1 aliphatic heterocycles. The van der Waals surface area contributed by atoms with Crippen molar-refractivity contribution in [2.45, 2.75) is 24.7 Å². The molecule has 0 aliphatic carbocycles. The molecule has 0 spiro atoms. The van der Waals surface area contributed by atoms with Crippen LogP contribution in [0.25, 0.3) is 10.8 Å². The first kappa shape index (κ1) is 17.9. The molecular weight excluding hydrogens is 336 g/mol. The SMILES string of the molecule is CCN(C)C(=O)C1CCN(S(=O)(=O)c2ccc3ccccc3c2)CC1. The number of carbonyl (C=O) groups excluding carboxylic acids is 1. The van der Waals surface area contributed by atoms with E-state index < -0.39 is 10.0 Å². The number of hydrogen-bond acceptors (Lipinski definition) is 3. The van der Waals surface area contributed by atoms with Crippen LogP contribution in [0, 0.1) is 5.92 Å². The highest BCUT2D eigenvalue weighted by Gasteiger charge is 2.32. The van der Waals surface area contributed by atoms with E-state index in [9.17, 15) is 13.2 Å². The molecule has 0 saturated carbocycles. The van der Waals surface area contributed by atoms with Crippen LogP contribution in [0.15, 0.2) is 47.4 Å². The molecule has 1 aliphatic rings. The standard InChI is InChI=1S/C19H24N2O3S/c1-3-20(2)19(22)16-10-12-21(13-11-16)25(23,24)18-9-8-15-6-4-5-7-17(15)14-18/h4-9,14,16H,3,10-13H2,1-2H3. The molecule has 25 heavy (non-hydrogen) atoms. The average Bonchev–Trinajstić information content (AvgIpc) is 2.66. The van der Waals surface area contributed by atoms with Gasteiger partial charge in [-0.1, -0.05) is 30.3 Å². The van der Waals surface area contributed by atoms with Gasteiger partial charge in [0.15, 0.2) is 0 Å². The van der Waals surface area contributed by atoms with E-state index in [4.69, 9.17) is 0 Å². The van der Waals surface area contributed by atoms with Gasteiger partial charge in [-0.3, -0.25) is 4.79 Å². The Bertz CT molecular complexity index is 871. The van der Waals surface area contributed by atoms with Crippen molar-refractivity contribution in [3.05, 3.63) is 42.5 Å². The normalized spacial score (nSPS) is 16.9. The fraction of sp³-hybridized carbons (Fsp3) is 0.421. The summed E-state index contributed by atoms with van der Waals surface area (Å²) in [7, 11) is -1.73. The van der Waals surface area contributed by atoms with Crippen molar-refractivity contribution in [1.82, 2.24) is 9.21 Å². The van der Waals surface area contributed by atoms with Crippen LogP contribution in [0.4, 0.5) is 0 Å². The van der Waals surface area contributed by atoms with Crippen LogP contribution in [-0.4, -0.2) is 50.2 Å². The first-order valence-corrected chi connectivity index (χ1v) is 10.1. The minimum absolute atomic E-state index is 0.0759. The third-order valence-corrected chi connectivity index (χ3v) is 6.91. The summed E-state index contributed by atoms with van der Waals surface area (Å²) in [6.45, 7) is 3.40. The molecule has 1 heterocycles. The molecule has 3 rings (SSSR count). The number of piperidine rings is 1. The van der Waals surface area contributed by atoms with Crippen LogP contribution in [0.1, 0.15) is 19.8 Å². The van der Waals surface area contributed by atoms with Crippen LogP contribution < -0.4 is 0 Å². The highest BCUT2D eigenvalue weighted by molar-refractivity contribution is 7.89. The van der Waals surface area contributed by atoms with Gasteiger partial charge in [0, 0.05) is 32.6 Å². The van der Waals surface area contributed by atoms with Crippen molar-refractivity contribution in [3.63, 3.8) is 0 Å². The summed E-state index contributed by atoms with van der Waals surface area (Å²) in [6, 6.07) is 13.0. The fourth-order valence-corrected chi connectivity index (χ4v) is 4.79. The quantitative estimate of drug-likeness (QED) is 0.842. The van der Waals surface area contributed by atoms with E-state index in [1.165, 1.54) is 4.31 Å². The van der Waals surface area contributed by atoms with Gasteiger partial charge in [-0.05, 0) is 42.7 Å². The van der Waals surface area contributed by atoms with Crippen molar-refractivity contribution in [1.29, 1.82) is 0 Å². The Hall–Kier alpha value is -1.92. The molecule has 5 nitrogen and oxygen atoms in total. The van der Waals surface area contributed by atoms with Gasteiger partial charge in [-0.25, -0.2) is 8.42 Å². The molecule has 1 amide bonds. The zero-order chi connectivity index (χ0) is 18.0. The number of carbonyl (C=O) groups is 1. The number of rotatable bonds is 4. The monoisotopic (exact) mass is 360 g/mol. The molecular formula is C19H24N2O3S. The lowest BCUT2D eigenvalue weighted by atomic mass is 9.97. The predicted octanol–water partition coefficient (Wildman–Crippen LogP) is 2.72. The molecule has 1 saturated heterocycles. The van der Waals surface area contributed by atoms with E-state index >= 15 is 0 Å². The smallest absolute Gasteiger partial charge is 0.243 e. The summed E-state index contributed by atoms with van der Waals surface area (Å²) in [5, 5.41) is 1.94. The van der Waals surface area contributed by atoms with Gasteiger partial charge in [0.2, 0.25) is 15.9 Å². The molecule has 6 heteroatoms. The van der Waals surface area contributed by atoms with Crippen molar-refractivity contribution in [2.75, 3.05) is 26.7 Å². The third kappa shape index (κ3) is 3.55. The topological polar surface area (TPSA) is 57.7 Å². The summed E-state index contributed by atoms with van der Waals surface area (Å²) < 4.78 is 27.4. The number of benzene rings is 2. The first-order valence-electron chi connectivity index (χ1n) is 8.67. The van der Waals surface area contributed by atoms with Gasteiger partial charge in [-0.15, -0.1) is 0 Å². The van der Waals surface area contributed by atoms with Crippen LogP contribution in [0.3, 0.4) is 0 Å². The molecule has 1 fully saturated rings. The average molecular weight is 360 g/mol. The molecule has 0 bridgehead atoms. The van der Waals surface area contributed by atoms with Crippen molar-refractivity contribution < 1.29 is 13.2 Å². The lowest BCUT2D eigenvalue weighted by Gasteiger charge is -2.32. The molecule has 134 valence electrons. The van der Waals surface area contributed by atoms with E-state index in [1.54, 1.807) is 24.1 Å². The fourth-order valence-electron chi connectivity index (χ4n) is 3.29. The van der Waals surface area contributed by atoms with E-state index in [0.29, 0.717) is 37.4 Å². The zero-order valence-electron chi connectivity index (χ0n) is 14.7. The molecule has 0 radical (unpaired) electrons. The van der Waals surface area contributed by atoms with E-state index in [1.807, 2.05) is 37.3 Å². The van der Waals surface area contributed by atoms with Gasteiger partial charge >= 0.3 is 0 Å². The van der Waals surface area contributed by atoms with Gasteiger partial charge < -0.3 is 4.90 Å². The number of amides is 1. The Morgan fingerprint density at radius 1 is 1.12 bits per heavy atom. The lowest BCUT2D eigenvalue weighted by molar-refractivity contribution is -0.135. The maximum atomic E-state index is 12.9. The first-order chi connectivity index (χ1) is 11.9. The third-order valence-electron chi connectivity index (χ3n) is 5.01. The Balaban J connectivity index is 1.76. The van der Waals surface area contributed by atoms with E-state index in [2.05, 4.69) is 0 Å². The van der Waals surface area contributed by atoms with E-state index in [-0.39, 0.29) is 11.8 Å². The van der Waals surface area contributed by atoms with Crippen molar-refractivity contribution in [2.24, 2.45) is 5.92 Å². The number of sulfonamides is 1. The Morgan fingerprint density at radius 2 is 1.76 bits per heavy atom. The van der Waals surface area contributed by atoms with Crippen molar-refractivity contribution in [3.8, 4) is 0 Å². The second kappa shape index (κ2) is 7.14. The van der Waals surface area contributed by atoms with Gasteiger partial charge in [-0.2, -0.15) is 4.31 Å². The summed E-state index contributed by atoms with van der Waals surface area (Å²) in [5.41, 5.74) is 0. The summed E-state index contributed by atoms with van der Waals surface area (Å²) in [5.74, 6) is 0.0401. The largest absolute Gasteiger partial charge is 0.346 e. The molecule has 0 N–H and O–H groups in total. The zero-order valence-corrected chi connectivity index (χ0v) is 15.5. The highest BCUT2D eigenvalue weighted by atomic mass is 32.2. The Kier molecular flexibility index (Phi) is 5.11. The van der Waals surface area contributed by atoms with Gasteiger partial charge in [0.25, 0.3) is 0 Å². The second-order valence-corrected chi connectivity index (χ2v) is 8.48. The van der Waals surface area contributed by atoms with Crippen LogP contribution in [-0.2, 0) is 14.8 Å². The molecule has 0 aromatic heterocycles. The van der Waals surface area contributed by atoms with Crippen LogP contribution >= 0.6 is 0 Å².